The van der Waals surface area contributed by atoms with Gasteiger partial charge in [-0.2, -0.15) is 13.2 Å². The van der Waals surface area contributed by atoms with E-state index in [9.17, 15) is 18.0 Å². The summed E-state index contributed by atoms with van der Waals surface area (Å²) < 4.78 is 44.6. The number of rotatable bonds is 5. The number of amides is 2. The third-order valence-electron chi connectivity index (χ3n) is 4.73. The number of nitrogens with two attached hydrogens (primary N) is 1. The largest absolute Gasteiger partial charge is 0.444 e. The van der Waals surface area contributed by atoms with E-state index in [0.717, 1.165) is 17.0 Å². The summed E-state index contributed by atoms with van der Waals surface area (Å²) in [7, 11) is 0. The van der Waals surface area contributed by atoms with Gasteiger partial charge in [0.1, 0.15) is 5.82 Å². The molecule has 0 aliphatic heterocycles. The van der Waals surface area contributed by atoms with Crippen LogP contribution in [0.2, 0.25) is 0 Å². The minimum absolute atomic E-state index is 0.00574. The zero-order chi connectivity index (χ0) is 24.3. The van der Waals surface area contributed by atoms with E-state index in [-0.39, 0.29) is 28.6 Å². The number of carbonyl (C=O) groups excluding carboxylic acids is 1. The third-order valence-corrected chi connectivity index (χ3v) is 4.73. The van der Waals surface area contributed by atoms with Crippen molar-refractivity contribution in [3.05, 3.63) is 85.7 Å². The first kappa shape index (κ1) is 22.5. The molecule has 34 heavy (non-hydrogen) atoms. The Morgan fingerprint density at radius 1 is 1.15 bits per heavy atom. The van der Waals surface area contributed by atoms with Gasteiger partial charge in [0.25, 0.3) is 0 Å². The number of anilines is 3. The summed E-state index contributed by atoms with van der Waals surface area (Å²) in [5.74, 6) is 0.685. The number of halogens is 3. The second-order valence-electron chi connectivity index (χ2n) is 6.97. The van der Waals surface area contributed by atoms with Crippen LogP contribution in [0.1, 0.15) is 5.56 Å². The molecule has 172 valence electrons. The van der Waals surface area contributed by atoms with Crippen molar-refractivity contribution in [2.24, 2.45) is 0 Å². The van der Waals surface area contributed by atoms with Crippen LogP contribution in [-0.4, -0.2) is 21.0 Å². The Hall–Kier alpha value is -4.67. The van der Waals surface area contributed by atoms with Gasteiger partial charge in [-0.15, -0.1) is 0 Å². The van der Waals surface area contributed by atoms with E-state index in [4.69, 9.17) is 10.2 Å². The second-order valence-corrected chi connectivity index (χ2v) is 6.97. The molecule has 8 nitrogen and oxygen atoms in total. The Morgan fingerprint density at radius 3 is 2.68 bits per heavy atom. The lowest BCUT2D eigenvalue weighted by Crippen LogP contribution is -2.31. The van der Waals surface area contributed by atoms with Crippen LogP contribution in [0.5, 0.6) is 0 Å². The van der Waals surface area contributed by atoms with E-state index in [1.807, 2.05) is 0 Å². The van der Waals surface area contributed by atoms with E-state index >= 15 is 0 Å². The molecule has 0 radical (unpaired) electrons. The van der Waals surface area contributed by atoms with Crippen LogP contribution in [0.25, 0.3) is 22.6 Å². The number of aromatic nitrogens is 3. The van der Waals surface area contributed by atoms with E-state index in [2.05, 4.69) is 26.8 Å². The smallest absolute Gasteiger partial charge is 0.416 e. The van der Waals surface area contributed by atoms with Crippen molar-refractivity contribution in [3.8, 4) is 22.6 Å². The summed E-state index contributed by atoms with van der Waals surface area (Å²) in [6.45, 7) is 3.63. The maximum absolute atomic E-state index is 13.1. The molecule has 0 aliphatic carbocycles. The summed E-state index contributed by atoms with van der Waals surface area (Å²) in [6, 6.07) is 10.2. The number of nitrogens with zero attached hydrogens (tertiary/aromatic N) is 4. The predicted molar refractivity (Wildman–Crippen MR) is 121 cm³/mol. The molecule has 3 aromatic heterocycles. The van der Waals surface area contributed by atoms with Gasteiger partial charge < -0.3 is 10.2 Å². The summed E-state index contributed by atoms with van der Waals surface area (Å²) in [5, 5.41) is 2.61. The van der Waals surface area contributed by atoms with Crippen LogP contribution >= 0.6 is 0 Å². The topological polar surface area (TPSA) is 110 Å². The molecular formula is C23H17F3N6O2. The summed E-state index contributed by atoms with van der Waals surface area (Å²) >= 11 is 0. The Kier molecular flexibility index (Phi) is 6.00. The van der Waals surface area contributed by atoms with Gasteiger partial charge in [-0.05, 0) is 36.4 Å². The molecular weight excluding hydrogens is 449 g/mol. The molecule has 4 aromatic rings. The predicted octanol–water partition coefficient (Wildman–Crippen LogP) is 5.58. The van der Waals surface area contributed by atoms with Crippen LogP contribution in [0.15, 0.2) is 84.5 Å². The van der Waals surface area contributed by atoms with E-state index in [1.165, 1.54) is 49.3 Å². The number of nitrogens with one attached hydrogen (secondary N) is 1. The standard InChI is InChI=1S/C23H17F3N6O2/c1-2-32(22(33)31-20-11-15(8-9-29-20)19-12-28-13-34-19)21-17(27)6-7-18(30-21)14-4-3-5-16(10-14)23(24,25)26/h2-13H,1,27H2,(H,29,31,33). The maximum Gasteiger partial charge on any atom is 0.416 e. The summed E-state index contributed by atoms with van der Waals surface area (Å²) in [5.41, 5.74) is 6.36. The van der Waals surface area contributed by atoms with Crippen molar-refractivity contribution in [1.82, 2.24) is 15.0 Å². The van der Waals surface area contributed by atoms with Crippen molar-refractivity contribution in [2.75, 3.05) is 16.0 Å². The lowest BCUT2D eigenvalue weighted by atomic mass is 10.1. The minimum Gasteiger partial charge on any atom is -0.444 e. The highest BCUT2D eigenvalue weighted by atomic mass is 19.4. The average Bonchev–Trinajstić information content (AvgIpc) is 3.36. The second kappa shape index (κ2) is 9.06. The first-order valence-electron chi connectivity index (χ1n) is 9.78. The Balaban J connectivity index is 1.62. The van der Waals surface area contributed by atoms with Crippen molar-refractivity contribution in [1.29, 1.82) is 0 Å². The highest BCUT2D eigenvalue weighted by molar-refractivity contribution is 6.04. The van der Waals surface area contributed by atoms with Gasteiger partial charge in [-0.3, -0.25) is 10.2 Å². The van der Waals surface area contributed by atoms with Gasteiger partial charge >= 0.3 is 12.2 Å². The van der Waals surface area contributed by atoms with Gasteiger partial charge in [0.15, 0.2) is 18.0 Å². The number of urea groups is 1. The van der Waals surface area contributed by atoms with Crippen LogP contribution in [0.4, 0.5) is 35.3 Å². The number of oxazole rings is 1. The fourth-order valence-electron chi connectivity index (χ4n) is 3.11. The molecule has 3 N–H and O–H groups in total. The molecule has 11 heteroatoms. The van der Waals surface area contributed by atoms with Crippen LogP contribution in [0, 0.1) is 0 Å². The number of alkyl halides is 3. The third kappa shape index (κ3) is 4.72. The average molecular weight is 466 g/mol. The molecule has 0 saturated heterocycles. The molecule has 3 heterocycles. The Morgan fingerprint density at radius 2 is 1.97 bits per heavy atom. The fourth-order valence-corrected chi connectivity index (χ4v) is 3.11. The quantitative estimate of drug-likeness (QED) is 0.397. The number of hydrogen-bond acceptors (Lipinski definition) is 6. The monoisotopic (exact) mass is 466 g/mol. The van der Waals surface area contributed by atoms with E-state index in [0.29, 0.717) is 11.3 Å². The molecule has 0 unspecified atom stereocenters. The van der Waals surface area contributed by atoms with E-state index < -0.39 is 17.8 Å². The van der Waals surface area contributed by atoms with Gasteiger partial charge in [0.05, 0.1) is 23.1 Å². The van der Waals surface area contributed by atoms with Crippen molar-refractivity contribution >= 4 is 23.4 Å². The first-order valence-corrected chi connectivity index (χ1v) is 9.78. The van der Waals surface area contributed by atoms with Crippen LogP contribution < -0.4 is 16.0 Å². The lowest BCUT2D eigenvalue weighted by Gasteiger charge is -2.20. The van der Waals surface area contributed by atoms with Gasteiger partial charge in [-0.1, -0.05) is 18.7 Å². The molecule has 0 spiro atoms. The number of carbonyl (C=O) groups is 1. The van der Waals surface area contributed by atoms with Crippen LogP contribution in [-0.2, 0) is 6.18 Å². The molecule has 0 bridgehead atoms. The van der Waals surface area contributed by atoms with Crippen molar-refractivity contribution < 1.29 is 22.4 Å². The molecule has 0 fully saturated rings. The highest BCUT2D eigenvalue weighted by Gasteiger charge is 2.30. The molecule has 0 aliphatic rings. The maximum atomic E-state index is 13.1. The number of benzene rings is 1. The van der Waals surface area contributed by atoms with Crippen molar-refractivity contribution in [2.45, 2.75) is 6.18 Å². The summed E-state index contributed by atoms with van der Waals surface area (Å²) in [6.07, 6.45) is 0.948. The van der Waals surface area contributed by atoms with Crippen molar-refractivity contribution in [3.63, 3.8) is 0 Å². The lowest BCUT2D eigenvalue weighted by molar-refractivity contribution is -0.137. The highest BCUT2D eigenvalue weighted by Crippen LogP contribution is 2.33. The number of pyridine rings is 2. The minimum atomic E-state index is -4.51. The normalized spacial score (nSPS) is 11.1. The zero-order valence-electron chi connectivity index (χ0n) is 17.5. The number of nitrogen functional groups attached to an aromatic ring is 1. The Bertz CT molecular complexity index is 1340. The molecule has 1 aromatic carbocycles. The van der Waals surface area contributed by atoms with Gasteiger partial charge in [0, 0.05) is 23.5 Å². The van der Waals surface area contributed by atoms with Gasteiger partial charge in [0.2, 0.25) is 0 Å². The SMILES string of the molecule is C=CN(C(=O)Nc1cc(-c2cnco2)ccn1)c1nc(-c2cccc(C(F)(F)F)c2)ccc1N. The first-order chi connectivity index (χ1) is 16.3. The summed E-state index contributed by atoms with van der Waals surface area (Å²) in [4.78, 5) is 26.3. The molecule has 0 atom stereocenters. The molecule has 2 amide bonds. The van der Waals surface area contributed by atoms with Gasteiger partial charge in [-0.25, -0.2) is 19.7 Å². The fraction of sp³-hybridized carbons (Fsp3) is 0.0435. The number of hydrogen-bond donors (Lipinski definition) is 2. The molecule has 4 rings (SSSR count). The molecule has 0 saturated carbocycles. The van der Waals surface area contributed by atoms with Crippen LogP contribution in [0.3, 0.4) is 0 Å². The van der Waals surface area contributed by atoms with E-state index in [1.54, 1.807) is 12.1 Å². The Labute approximate surface area is 191 Å². The zero-order valence-corrected chi connectivity index (χ0v) is 17.5.